The highest BCUT2D eigenvalue weighted by Gasteiger charge is 2.41. The van der Waals surface area contributed by atoms with Crippen LogP contribution < -0.4 is 0 Å². The van der Waals surface area contributed by atoms with Crippen LogP contribution in [0.15, 0.2) is 30.3 Å². The van der Waals surface area contributed by atoms with Crippen molar-refractivity contribution in [2.45, 2.75) is 32.3 Å². The van der Waals surface area contributed by atoms with Crippen LogP contribution in [0.4, 0.5) is 4.79 Å². The first-order valence-electron chi connectivity index (χ1n) is 7.03. The van der Waals surface area contributed by atoms with E-state index in [0.29, 0.717) is 6.54 Å². The van der Waals surface area contributed by atoms with Gasteiger partial charge >= 0.3 is 12.1 Å². The minimum atomic E-state index is -0.880. The van der Waals surface area contributed by atoms with E-state index in [2.05, 4.69) is 0 Å². The first kappa shape index (κ1) is 15.4. The van der Waals surface area contributed by atoms with E-state index < -0.39 is 23.6 Å². The summed E-state index contributed by atoms with van der Waals surface area (Å²) in [6, 6.07) is 9.45. The molecule has 1 amide bonds. The lowest BCUT2D eigenvalue weighted by molar-refractivity contribution is -0.141. The number of aliphatic carboxylic acids is 1. The number of ether oxygens (including phenoxy) is 1. The number of carbonyl (C=O) groups is 2. The molecule has 1 fully saturated rings. The fourth-order valence-electron chi connectivity index (χ4n) is 2.57. The molecule has 1 unspecified atom stereocenters. The van der Waals surface area contributed by atoms with Gasteiger partial charge in [-0.3, -0.25) is 4.79 Å². The highest BCUT2D eigenvalue weighted by Crippen LogP contribution is 2.33. The zero-order valence-electron chi connectivity index (χ0n) is 12.6. The summed E-state index contributed by atoms with van der Waals surface area (Å²) in [5, 5.41) is 9.40. The fourth-order valence-corrected chi connectivity index (χ4v) is 2.57. The molecule has 0 saturated carbocycles. The number of carboxylic acid groups (broad SMARTS) is 1. The summed E-state index contributed by atoms with van der Waals surface area (Å²) in [5.74, 6) is -1.67. The third-order valence-electron chi connectivity index (χ3n) is 3.52. The van der Waals surface area contributed by atoms with Crippen LogP contribution in [0.1, 0.15) is 32.3 Å². The number of carbonyl (C=O) groups excluding carboxylic acids is 1. The number of benzene rings is 1. The Hall–Kier alpha value is -2.04. The molecule has 114 valence electrons. The van der Waals surface area contributed by atoms with Crippen molar-refractivity contribution < 1.29 is 19.4 Å². The molecule has 2 atom stereocenters. The van der Waals surface area contributed by atoms with Gasteiger partial charge in [-0.1, -0.05) is 30.3 Å². The second-order valence-electron chi connectivity index (χ2n) is 6.35. The van der Waals surface area contributed by atoms with Crippen LogP contribution in [-0.4, -0.2) is 40.8 Å². The standard InChI is InChI=1S/C16H21NO4/c1-16(2,3)21-15(20)17-9-12(13(10-17)14(18)19)11-7-5-4-6-8-11/h4-8,12-13H,9-10H2,1-3H3,(H,18,19)/t12?,13-/m0/s1. The lowest BCUT2D eigenvalue weighted by atomic mass is 9.89. The first-order chi connectivity index (χ1) is 9.78. The van der Waals surface area contributed by atoms with Gasteiger partial charge in [-0.15, -0.1) is 0 Å². The molecule has 1 aliphatic heterocycles. The molecule has 0 radical (unpaired) electrons. The van der Waals surface area contributed by atoms with Crippen molar-refractivity contribution in [3.05, 3.63) is 35.9 Å². The van der Waals surface area contributed by atoms with Gasteiger partial charge in [0.05, 0.1) is 5.92 Å². The molecule has 5 heteroatoms. The first-order valence-corrected chi connectivity index (χ1v) is 7.03. The van der Waals surface area contributed by atoms with Crippen molar-refractivity contribution in [3.8, 4) is 0 Å². The van der Waals surface area contributed by atoms with Crippen LogP contribution in [-0.2, 0) is 9.53 Å². The average Bonchev–Trinajstić information content (AvgIpc) is 2.83. The zero-order chi connectivity index (χ0) is 15.6. The molecule has 0 aromatic heterocycles. The zero-order valence-corrected chi connectivity index (χ0v) is 12.6. The van der Waals surface area contributed by atoms with E-state index in [0.717, 1.165) is 5.56 Å². The number of hydrogen-bond donors (Lipinski definition) is 1. The normalized spacial score (nSPS) is 22.1. The molecule has 1 saturated heterocycles. The SMILES string of the molecule is CC(C)(C)OC(=O)N1CC(c2ccccc2)[C@@H](C(=O)O)C1. The van der Waals surface area contributed by atoms with Crippen LogP contribution in [0.3, 0.4) is 0 Å². The van der Waals surface area contributed by atoms with Gasteiger partial charge in [0.2, 0.25) is 0 Å². The Kier molecular flexibility index (Phi) is 4.21. The van der Waals surface area contributed by atoms with Crippen LogP contribution in [0.2, 0.25) is 0 Å². The average molecular weight is 291 g/mol. The molecule has 1 aromatic carbocycles. The Balaban J connectivity index is 2.16. The maximum absolute atomic E-state index is 12.1. The maximum Gasteiger partial charge on any atom is 0.410 e. The highest BCUT2D eigenvalue weighted by atomic mass is 16.6. The van der Waals surface area contributed by atoms with Gasteiger partial charge in [-0.2, -0.15) is 0 Å². The summed E-state index contributed by atoms with van der Waals surface area (Å²) < 4.78 is 5.33. The van der Waals surface area contributed by atoms with Crippen molar-refractivity contribution in [3.63, 3.8) is 0 Å². The molecular weight excluding hydrogens is 270 g/mol. The second-order valence-corrected chi connectivity index (χ2v) is 6.35. The van der Waals surface area contributed by atoms with E-state index in [1.165, 1.54) is 4.90 Å². The van der Waals surface area contributed by atoms with Gasteiger partial charge in [-0.25, -0.2) is 4.79 Å². The third-order valence-corrected chi connectivity index (χ3v) is 3.52. The predicted molar refractivity (Wildman–Crippen MR) is 78.1 cm³/mol. The van der Waals surface area contributed by atoms with Gasteiger partial charge < -0.3 is 14.7 Å². The molecule has 0 bridgehead atoms. The summed E-state index contributed by atoms with van der Waals surface area (Å²) >= 11 is 0. The number of likely N-dealkylation sites (tertiary alicyclic amines) is 1. The molecule has 1 N–H and O–H groups in total. The van der Waals surface area contributed by atoms with E-state index in [4.69, 9.17) is 4.74 Å². The van der Waals surface area contributed by atoms with Gasteiger partial charge in [0.15, 0.2) is 0 Å². The molecule has 0 spiro atoms. The van der Waals surface area contributed by atoms with E-state index in [9.17, 15) is 14.7 Å². The van der Waals surface area contributed by atoms with Crippen LogP contribution in [0.25, 0.3) is 0 Å². The van der Waals surface area contributed by atoms with E-state index in [1.54, 1.807) is 20.8 Å². The Bertz CT molecular complexity index is 521. The molecule has 1 aromatic rings. The molecular formula is C16H21NO4. The van der Waals surface area contributed by atoms with Crippen molar-refractivity contribution in [1.82, 2.24) is 4.90 Å². The summed E-state index contributed by atoms with van der Waals surface area (Å²) in [4.78, 5) is 25.1. The molecule has 1 heterocycles. The lowest BCUT2D eigenvalue weighted by Gasteiger charge is -2.24. The second kappa shape index (κ2) is 5.76. The monoisotopic (exact) mass is 291 g/mol. The fraction of sp³-hybridized carbons (Fsp3) is 0.500. The predicted octanol–water partition coefficient (Wildman–Crippen LogP) is 2.72. The number of carboxylic acids is 1. The number of nitrogens with zero attached hydrogens (tertiary/aromatic N) is 1. The highest BCUT2D eigenvalue weighted by molar-refractivity contribution is 5.75. The molecule has 5 nitrogen and oxygen atoms in total. The minimum Gasteiger partial charge on any atom is -0.481 e. The Morgan fingerprint density at radius 3 is 2.33 bits per heavy atom. The van der Waals surface area contributed by atoms with Gasteiger partial charge in [0.1, 0.15) is 5.60 Å². The largest absolute Gasteiger partial charge is 0.481 e. The summed E-state index contributed by atoms with van der Waals surface area (Å²) in [6.45, 7) is 5.94. The molecule has 0 aliphatic carbocycles. The number of rotatable bonds is 2. The number of hydrogen-bond acceptors (Lipinski definition) is 3. The van der Waals surface area contributed by atoms with E-state index >= 15 is 0 Å². The van der Waals surface area contributed by atoms with Crippen molar-refractivity contribution >= 4 is 12.1 Å². The van der Waals surface area contributed by atoms with Gasteiger partial charge in [-0.05, 0) is 26.3 Å². The smallest absolute Gasteiger partial charge is 0.410 e. The number of amides is 1. The van der Waals surface area contributed by atoms with Crippen LogP contribution in [0, 0.1) is 5.92 Å². The van der Waals surface area contributed by atoms with Crippen molar-refractivity contribution in [2.24, 2.45) is 5.92 Å². The summed E-state index contributed by atoms with van der Waals surface area (Å²) in [6.07, 6.45) is -0.452. The molecule has 21 heavy (non-hydrogen) atoms. The van der Waals surface area contributed by atoms with Gasteiger partial charge in [0, 0.05) is 19.0 Å². The molecule has 2 rings (SSSR count). The third kappa shape index (κ3) is 3.74. The quantitative estimate of drug-likeness (QED) is 0.909. The Morgan fingerprint density at radius 2 is 1.81 bits per heavy atom. The molecule has 1 aliphatic rings. The maximum atomic E-state index is 12.1. The summed E-state index contributed by atoms with van der Waals surface area (Å²) in [7, 11) is 0. The van der Waals surface area contributed by atoms with Crippen LogP contribution in [0.5, 0.6) is 0 Å². The van der Waals surface area contributed by atoms with E-state index in [1.807, 2.05) is 30.3 Å². The van der Waals surface area contributed by atoms with Crippen molar-refractivity contribution in [2.75, 3.05) is 13.1 Å². The Labute approximate surface area is 124 Å². The lowest BCUT2D eigenvalue weighted by Crippen LogP contribution is -2.35. The summed E-state index contributed by atoms with van der Waals surface area (Å²) in [5.41, 5.74) is 0.358. The topological polar surface area (TPSA) is 66.8 Å². The van der Waals surface area contributed by atoms with E-state index in [-0.39, 0.29) is 12.5 Å². The van der Waals surface area contributed by atoms with Crippen molar-refractivity contribution in [1.29, 1.82) is 0 Å². The minimum absolute atomic E-state index is 0.184. The Morgan fingerprint density at radius 1 is 1.19 bits per heavy atom. The van der Waals surface area contributed by atoms with Gasteiger partial charge in [0.25, 0.3) is 0 Å². The van der Waals surface area contributed by atoms with Crippen LogP contribution >= 0.6 is 0 Å².